The lowest BCUT2D eigenvalue weighted by Crippen LogP contribution is -2.46. The van der Waals surface area contributed by atoms with Crippen molar-refractivity contribution in [2.75, 3.05) is 18.0 Å². The Hall–Kier alpha value is -2.20. The molecule has 0 spiro atoms. The molecule has 0 saturated carbocycles. The van der Waals surface area contributed by atoms with Crippen LogP contribution in [0.3, 0.4) is 0 Å². The van der Waals surface area contributed by atoms with E-state index in [9.17, 15) is 4.79 Å². The van der Waals surface area contributed by atoms with Crippen molar-refractivity contribution in [1.29, 1.82) is 0 Å². The van der Waals surface area contributed by atoms with Gasteiger partial charge < -0.3 is 4.90 Å². The van der Waals surface area contributed by atoms with Crippen LogP contribution in [0.25, 0.3) is 0 Å². The first-order valence-electron chi connectivity index (χ1n) is 8.24. The van der Waals surface area contributed by atoms with E-state index in [1.54, 1.807) is 6.20 Å². The van der Waals surface area contributed by atoms with Gasteiger partial charge in [-0.3, -0.25) is 14.7 Å². The summed E-state index contributed by atoms with van der Waals surface area (Å²) in [7, 11) is 0. The average molecular weight is 309 g/mol. The van der Waals surface area contributed by atoms with Crippen LogP contribution < -0.4 is 4.90 Å². The van der Waals surface area contributed by atoms with E-state index in [-0.39, 0.29) is 11.9 Å². The molecule has 2 aromatic rings. The molecule has 3 rings (SSSR count). The number of amides is 1. The number of carbonyl (C=O) groups excluding carboxylic acids is 1. The maximum Gasteiger partial charge on any atom is 0.244 e. The van der Waals surface area contributed by atoms with Crippen molar-refractivity contribution >= 4 is 11.6 Å². The highest BCUT2D eigenvalue weighted by Crippen LogP contribution is 2.28. The Morgan fingerprint density at radius 1 is 1.26 bits per heavy atom. The van der Waals surface area contributed by atoms with Crippen LogP contribution in [0.4, 0.5) is 5.69 Å². The summed E-state index contributed by atoms with van der Waals surface area (Å²) in [5, 5.41) is 0. The van der Waals surface area contributed by atoms with Gasteiger partial charge in [-0.1, -0.05) is 31.2 Å². The molecule has 1 atom stereocenters. The third-order valence-electron chi connectivity index (χ3n) is 4.56. The summed E-state index contributed by atoms with van der Waals surface area (Å²) in [6.07, 6.45) is 2.74. The number of carbonyl (C=O) groups is 1. The van der Waals surface area contributed by atoms with Crippen molar-refractivity contribution in [2.45, 2.75) is 32.9 Å². The molecule has 0 N–H and O–H groups in total. The number of aromatic nitrogens is 1. The zero-order valence-electron chi connectivity index (χ0n) is 13.8. The molecule has 23 heavy (non-hydrogen) atoms. The second kappa shape index (κ2) is 6.92. The molecule has 1 amide bonds. The molecule has 4 heteroatoms. The smallest absolute Gasteiger partial charge is 0.244 e. The van der Waals surface area contributed by atoms with E-state index in [4.69, 9.17) is 0 Å². The van der Waals surface area contributed by atoms with E-state index in [2.05, 4.69) is 22.9 Å². The van der Waals surface area contributed by atoms with Gasteiger partial charge in [0.05, 0.1) is 11.7 Å². The minimum absolute atomic E-state index is 0.159. The van der Waals surface area contributed by atoms with Crippen LogP contribution in [0.2, 0.25) is 0 Å². The van der Waals surface area contributed by atoms with Crippen molar-refractivity contribution in [2.24, 2.45) is 0 Å². The predicted octanol–water partition coefficient (Wildman–Crippen LogP) is 2.88. The summed E-state index contributed by atoms with van der Waals surface area (Å²) in [5.74, 6) is 0.174. The maximum atomic E-state index is 13.0. The van der Waals surface area contributed by atoms with Gasteiger partial charge in [-0.15, -0.1) is 0 Å². The number of anilines is 1. The number of hydrogen-bond acceptors (Lipinski definition) is 3. The van der Waals surface area contributed by atoms with Crippen LogP contribution >= 0.6 is 0 Å². The Morgan fingerprint density at radius 2 is 2.04 bits per heavy atom. The normalized spacial score (nSPS) is 14.8. The Balaban J connectivity index is 1.74. The van der Waals surface area contributed by atoms with Crippen LogP contribution in [0.5, 0.6) is 0 Å². The Kier molecular flexibility index (Phi) is 4.72. The van der Waals surface area contributed by atoms with Crippen molar-refractivity contribution < 1.29 is 4.79 Å². The van der Waals surface area contributed by atoms with E-state index in [0.29, 0.717) is 6.54 Å². The number of benzene rings is 1. The predicted molar refractivity (Wildman–Crippen MR) is 92.3 cm³/mol. The minimum atomic E-state index is -0.159. The van der Waals surface area contributed by atoms with Crippen molar-refractivity contribution in [3.8, 4) is 0 Å². The lowest BCUT2D eigenvalue weighted by atomic mass is 10.1. The van der Waals surface area contributed by atoms with Gasteiger partial charge in [0.2, 0.25) is 5.91 Å². The van der Waals surface area contributed by atoms with Gasteiger partial charge in [0.1, 0.15) is 0 Å². The molecule has 2 heterocycles. The summed E-state index contributed by atoms with van der Waals surface area (Å²) >= 11 is 0. The lowest BCUT2D eigenvalue weighted by molar-refractivity contribution is -0.123. The largest absolute Gasteiger partial charge is 0.310 e. The van der Waals surface area contributed by atoms with Crippen molar-refractivity contribution in [1.82, 2.24) is 9.88 Å². The highest BCUT2D eigenvalue weighted by Gasteiger charge is 2.30. The topological polar surface area (TPSA) is 36.4 Å². The molecule has 0 fully saturated rings. The summed E-state index contributed by atoms with van der Waals surface area (Å²) < 4.78 is 0. The zero-order valence-corrected chi connectivity index (χ0v) is 13.8. The second-order valence-electron chi connectivity index (χ2n) is 5.93. The van der Waals surface area contributed by atoms with Gasteiger partial charge in [0.25, 0.3) is 0 Å². The third-order valence-corrected chi connectivity index (χ3v) is 4.56. The quantitative estimate of drug-likeness (QED) is 0.852. The fourth-order valence-corrected chi connectivity index (χ4v) is 3.17. The molecule has 0 aliphatic carbocycles. The van der Waals surface area contributed by atoms with E-state index in [0.717, 1.165) is 30.9 Å². The van der Waals surface area contributed by atoms with Crippen LogP contribution in [0.1, 0.15) is 25.1 Å². The molecule has 1 aliphatic rings. The molecule has 1 aliphatic heterocycles. The van der Waals surface area contributed by atoms with E-state index in [1.165, 1.54) is 5.56 Å². The number of likely N-dealkylation sites (N-methyl/N-ethyl adjacent to an activating group) is 1. The standard InChI is InChI=1S/C19H23N3O/c1-3-21(14-17-9-6-7-12-20-17)15(2)19(23)22-13-11-16-8-4-5-10-18(16)22/h4-10,12,15H,3,11,13-14H2,1-2H3. The lowest BCUT2D eigenvalue weighted by Gasteiger charge is -2.30. The Labute approximate surface area is 137 Å². The summed E-state index contributed by atoms with van der Waals surface area (Å²) in [6, 6.07) is 13.9. The maximum absolute atomic E-state index is 13.0. The van der Waals surface area contributed by atoms with Crippen molar-refractivity contribution in [3.63, 3.8) is 0 Å². The third kappa shape index (κ3) is 3.27. The summed E-state index contributed by atoms with van der Waals surface area (Å²) in [6.45, 7) is 6.38. The number of pyridine rings is 1. The number of fused-ring (bicyclic) bond motifs is 1. The molecule has 4 nitrogen and oxygen atoms in total. The Morgan fingerprint density at radius 3 is 2.78 bits per heavy atom. The zero-order chi connectivity index (χ0) is 16.2. The van der Waals surface area contributed by atoms with Gasteiger partial charge in [0, 0.05) is 25.0 Å². The highest BCUT2D eigenvalue weighted by molar-refractivity contribution is 5.98. The van der Waals surface area contributed by atoms with Gasteiger partial charge in [-0.05, 0) is 43.7 Å². The second-order valence-corrected chi connectivity index (χ2v) is 5.93. The Bertz CT molecular complexity index is 671. The average Bonchev–Trinajstić information content (AvgIpc) is 3.03. The van der Waals surface area contributed by atoms with E-state index < -0.39 is 0 Å². The number of para-hydroxylation sites is 1. The molecular formula is C19H23N3O. The van der Waals surface area contributed by atoms with Gasteiger partial charge in [-0.25, -0.2) is 0 Å². The van der Waals surface area contributed by atoms with Crippen LogP contribution in [0.15, 0.2) is 48.7 Å². The van der Waals surface area contributed by atoms with E-state index >= 15 is 0 Å². The SMILES string of the molecule is CCN(Cc1ccccn1)C(C)C(=O)N1CCc2ccccc21. The van der Waals surface area contributed by atoms with Gasteiger partial charge in [0.15, 0.2) is 0 Å². The molecule has 0 radical (unpaired) electrons. The molecule has 0 saturated heterocycles. The van der Waals surface area contributed by atoms with E-state index in [1.807, 2.05) is 48.2 Å². The van der Waals surface area contributed by atoms with Crippen molar-refractivity contribution in [3.05, 3.63) is 59.9 Å². The minimum Gasteiger partial charge on any atom is -0.310 e. The highest BCUT2D eigenvalue weighted by atomic mass is 16.2. The summed E-state index contributed by atoms with van der Waals surface area (Å²) in [4.78, 5) is 21.4. The number of hydrogen-bond donors (Lipinski definition) is 0. The molecule has 1 aromatic carbocycles. The monoisotopic (exact) mass is 309 g/mol. The first kappa shape index (κ1) is 15.7. The molecular weight excluding hydrogens is 286 g/mol. The van der Waals surface area contributed by atoms with Crippen LogP contribution in [-0.2, 0) is 17.8 Å². The number of rotatable bonds is 5. The first-order chi connectivity index (χ1) is 11.2. The molecule has 1 unspecified atom stereocenters. The fourth-order valence-electron chi connectivity index (χ4n) is 3.17. The van der Waals surface area contributed by atoms with Crippen LogP contribution in [-0.4, -0.2) is 34.9 Å². The van der Waals surface area contributed by atoms with Gasteiger partial charge in [-0.2, -0.15) is 0 Å². The first-order valence-corrected chi connectivity index (χ1v) is 8.24. The number of nitrogens with zero attached hydrogens (tertiary/aromatic N) is 3. The molecule has 120 valence electrons. The van der Waals surface area contributed by atoms with Gasteiger partial charge >= 0.3 is 0 Å². The summed E-state index contributed by atoms with van der Waals surface area (Å²) in [5.41, 5.74) is 3.33. The molecule has 0 bridgehead atoms. The van der Waals surface area contributed by atoms with Crippen LogP contribution in [0, 0.1) is 0 Å². The molecule has 1 aromatic heterocycles. The fraction of sp³-hybridized carbons (Fsp3) is 0.368.